The van der Waals surface area contributed by atoms with Gasteiger partial charge < -0.3 is 15.4 Å². The minimum atomic E-state index is -0.201. The Morgan fingerprint density at radius 2 is 2.00 bits per heavy atom. The highest BCUT2D eigenvalue weighted by molar-refractivity contribution is 7.10. The van der Waals surface area contributed by atoms with Gasteiger partial charge in [-0.25, -0.2) is 0 Å². The third-order valence-electron chi connectivity index (χ3n) is 3.17. The Morgan fingerprint density at radius 1 is 1.17 bits per heavy atom. The highest BCUT2D eigenvalue weighted by Crippen LogP contribution is 2.16. The molecule has 1 aromatic heterocycles. The van der Waals surface area contributed by atoms with Gasteiger partial charge in [0, 0.05) is 25.1 Å². The maximum atomic E-state index is 12.2. The minimum Gasteiger partial charge on any atom is -0.385 e. The van der Waals surface area contributed by atoms with Crippen LogP contribution in [0.1, 0.15) is 21.7 Å². The lowest BCUT2D eigenvalue weighted by atomic mass is 10.1. The van der Waals surface area contributed by atoms with Crippen molar-refractivity contribution in [2.45, 2.75) is 12.8 Å². The van der Waals surface area contributed by atoms with Gasteiger partial charge >= 0.3 is 0 Å². The molecule has 0 aliphatic rings. The number of carbonyl (C=O) groups is 2. The van der Waals surface area contributed by atoms with Crippen LogP contribution in [0.2, 0.25) is 0 Å². The van der Waals surface area contributed by atoms with E-state index in [4.69, 9.17) is 4.74 Å². The molecule has 1 aromatic carbocycles. The van der Waals surface area contributed by atoms with E-state index in [1.165, 1.54) is 11.3 Å². The Morgan fingerprint density at radius 3 is 2.74 bits per heavy atom. The average Bonchev–Trinajstić information content (AvgIpc) is 3.04. The topological polar surface area (TPSA) is 67.4 Å². The Labute approximate surface area is 139 Å². The second-order valence-electron chi connectivity index (χ2n) is 4.95. The van der Waals surface area contributed by atoms with Crippen molar-refractivity contribution in [3.05, 3.63) is 52.2 Å². The summed E-state index contributed by atoms with van der Waals surface area (Å²) < 4.78 is 4.95. The molecule has 23 heavy (non-hydrogen) atoms. The first-order chi connectivity index (χ1) is 11.2. The van der Waals surface area contributed by atoms with E-state index in [0.29, 0.717) is 30.8 Å². The van der Waals surface area contributed by atoms with Gasteiger partial charge in [-0.2, -0.15) is 0 Å². The van der Waals surface area contributed by atoms with Crippen molar-refractivity contribution in [1.29, 1.82) is 0 Å². The zero-order chi connectivity index (χ0) is 16.5. The highest BCUT2D eigenvalue weighted by Gasteiger charge is 2.13. The zero-order valence-electron chi connectivity index (χ0n) is 13.0. The van der Waals surface area contributed by atoms with Crippen molar-refractivity contribution >= 4 is 28.8 Å². The Balaban J connectivity index is 1.96. The molecule has 0 spiro atoms. The van der Waals surface area contributed by atoms with Crippen molar-refractivity contribution in [3.8, 4) is 0 Å². The molecular formula is C17H20N2O3S. The van der Waals surface area contributed by atoms with E-state index in [9.17, 15) is 9.59 Å². The van der Waals surface area contributed by atoms with Crippen LogP contribution in [0.5, 0.6) is 0 Å². The van der Waals surface area contributed by atoms with Gasteiger partial charge in [0.05, 0.1) is 17.7 Å². The van der Waals surface area contributed by atoms with Crippen LogP contribution in [0, 0.1) is 0 Å². The lowest BCUT2D eigenvalue weighted by molar-refractivity contribution is -0.115. The van der Waals surface area contributed by atoms with Gasteiger partial charge in [-0.1, -0.05) is 18.2 Å². The van der Waals surface area contributed by atoms with Crippen molar-refractivity contribution in [3.63, 3.8) is 0 Å². The van der Waals surface area contributed by atoms with Crippen LogP contribution in [0.4, 0.5) is 5.69 Å². The van der Waals surface area contributed by atoms with Crippen molar-refractivity contribution in [2.24, 2.45) is 0 Å². The molecule has 122 valence electrons. The summed E-state index contributed by atoms with van der Waals surface area (Å²) >= 11 is 1.54. The Kier molecular flexibility index (Phi) is 6.77. The normalized spacial score (nSPS) is 10.3. The molecule has 2 N–H and O–H groups in total. The number of hydrogen-bond acceptors (Lipinski definition) is 4. The van der Waals surface area contributed by atoms with Gasteiger partial charge in [0.2, 0.25) is 5.91 Å². The predicted octanol–water partition coefficient (Wildman–Crippen LogP) is 2.70. The van der Waals surface area contributed by atoms with Crippen molar-refractivity contribution < 1.29 is 14.3 Å². The maximum Gasteiger partial charge on any atom is 0.253 e. The third kappa shape index (κ3) is 5.50. The molecule has 0 aliphatic carbocycles. The number of ether oxygens (including phenoxy) is 1. The van der Waals surface area contributed by atoms with Crippen LogP contribution in [0.25, 0.3) is 0 Å². The van der Waals surface area contributed by atoms with Gasteiger partial charge in [0.25, 0.3) is 5.91 Å². The predicted molar refractivity (Wildman–Crippen MR) is 91.9 cm³/mol. The van der Waals surface area contributed by atoms with Gasteiger partial charge in [0.1, 0.15) is 0 Å². The molecule has 0 saturated carbocycles. The number of carbonyl (C=O) groups excluding carboxylic acids is 2. The summed E-state index contributed by atoms with van der Waals surface area (Å²) in [6.07, 6.45) is 1.05. The highest BCUT2D eigenvalue weighted by atomic mass is 32.1. The molecule has 0 bridgehead atoms. The molecule has 2 aromatic rings. The summed E-state index contributed by atoms with van der Waals surface area (Å²) in [6, 6.07) is 10.8. The van der Waals surface area contributed by atoms with E-state index in [0.717, 1.165) is 11.3 Å². The summed E-state index contributed by atoms with van der Waals surface area (Å²) in [7, 11) is 1.63. The smallest absolute Gasteiger partial charge is 0.253 e. The van der Waals surface area contributed by atoms with Gasteiger partial charge in [0.15, 0.2) is 0 Å². The number of nitrogens with one attached hydrogen (secondary N) is 2. The van der Waals surface area contributed by atoms with Crippen molar-refractivity contribution in [1.82, 2.24) is 5.32 Å². The largest absolute Gasteiger partial charge is 0.385 e. The van der Waals surface area contributed by atoms with E-state index in [2.05, 4.69) is 10.6 Å². The second kappa shape index (κ2) is 9.07. The van der Waals surface area contributed by atoms with Crippen molar-refractivity contribution in [2.75, 3.05) is 25.6 Å². The number of rotatable bonds is 8. The first kappa shape index (κ1) is 17.2. The molecule has 0 atom stereocenters. The molecule has 2 rings (SSSR count). The van der Waals surface area contributed by atoms with E-state index in [-0.39, 0.29) is 11.8 Å². The molecule has 1 heterocycles. The second-order valence-corrected chi connectivity index (χ2v) is 5.98. The zero-order valence-corrected chi connectivity index (χ0v) is 13.8. The first-order valence-corrected chi connectivity index (χ1v) is 8.27. The number of amides is 2. The maximum absolute atomic E-state index is 12.2. The molecule has 0 radical (unpaired) electrons. The number of para-hydroxylation sites is 1. The minimum absolute atomic E-state index is 0.132. The Hall–Kier alpha value is -2.18. The standard InChI is InChI=1S/C17H20N2O3S/c1-22-10-5-9-18-17(21)14-7-2-3-8-15(14)19-16(20)12-13-6-4-11-23-13/h2-4,6-8,11H,5,9-10,12H2,1H3,(H,18,21)(H,19,20). The number of methoxy groups -OCH3 is 1. The van der Waals surface area contributed by atoms with E-state index in [1.807, 2.05) is 17.5 Å². The van der Waals surface area contributed by atoms with Gasteiger partial charge in [-0.05, 0) is 30.0 Å². The van der Waals surface area contributed by atoms with E-state index < -0.39 is 0 Å². The van der Waals surface area contributed by atoms with Crippen LogP contribution < -0.4 is 10.6 Å². The van der Waals surface area contributed by atoms with Crippen LogP contribution in [-0.2, 0) is 16.0 Å². The molecule has 5 nitrogen and oxygen atoms in total. The summed E-state index contributed by atoms with van der Waals surface area (Å²) in [6.45, 7) is 1.13. The fourth-order valence-electron chi connectivity index (χ4n) is 2.07. The third-order valence-corrected chi connectivity index (χ3v) is 4.05. The SMILES string of the molecule is COCCCNC(=O)c1ccccc1NC(=O)Cc1cccs1. The van der Waals surface area contributed by atoms with E-state index in [1.54, 1.807) is 31.4 Å². The molecule has 0 unspecified atom stereocenters. The fraction of sp³-hybridized carbons (Fsp3) is 0.294. The summed E-state index contributed by atoms with van der Waals surface area (Å²) in [5.74, 6) is -0.333. The number of benzene rings is 1. The molecule has 0 saturated heterocycles. The van der Waals surface area contributed by atoms with Gasteiger partial charge in [-0.15, -0.1) is 11.3 Å². The lowest BCUT2D eigenvalue weighted by Crippen LogP contribution is -2.27. The summed E-state index contributed by atoms with van der Waals surface area (Å²) in [5, 5.41) is 7.57. The first-order valence-electron chi connectivity index (χ1n) is 7.39. The van der Waals surface area contributed by atoms with Crippen LogP contribution >= 0.6 is 11.3 Å². The van der Waals surface area contributed by atoms with Crippen LogP contribution in [0.3, 0.4) is 0 Å². The molecule has 0 fully saturated rings. The van der Waals surface area contributed by atoms with E-state index >= 15 is 0 Å². The quantitative estimate of drug-likeness (QED) is 0.730. The molecular weight excluding hydrogens is 312 g/mol. The number of hydrogen-bond donors (Lipinski definition) is 2. The van der Waals surface area contributed by atoms with Crippen LogP contribution in [-0.4, -0.2) is 32.1 Å². The molecule has 6 heteroatoms. The number of anilines is 1. The molecule has 0 aliphatic heterocycles. The summed E-state index contributed by atoms with van der Waals surface area (Å²) in [5.41, 5.74) is 0.989. The monoisotopic (exact) mass is 332 g/mol. The lowest BCUT2D eigenvalue weighted by Gasteiger charge is -2.11. The summed E-state index contributed by atoms with van der Waals surface area (Å²) in [4.78, 5) is 25.3. The van der Waals surface area contributed by atoms with Gasteiger partial charge in [-0.3, -0.25) is 9.59 Å². The fourth-order valence-corrected chi connectivity index (χ4v) is 2.77. The number of thiophene rings is 1. The average molecular weight is 332 g/mol. The molecule has 2 amide bonds. The van der Waals surface area contributed by atoms with Crippen LogP contribution in [0.15, 0.2) is 41.8 Å². The Bertz CT molecular complexity index is 641.